The third-order valence-corrected chi connectivity index (χ3v) is 6.03. The van der Waals surface area contributed by atoms with E-state index in [1.165, 1.54) is 10.6 Å². The van der Waals surface area contributed by atoms with Crippen LogP contribution in [-0.4, -0.2) is 59.5 Å². The fourth-order valence-corrected chi connectivity index (χ4v) is 4.79. The lowest BCUT2D eigenvalue weighted by atomic mass is 10.0. The molecular weight excluding hydrogens is 354 g/mol. The summed E-state index contributed by atoms with van der Waals surface area (Å²) in [5.41, 5.74) is 7.20. The van der Waals surface area contributed by atoms with Crippen molar-refractivity contribution >= 4 is 21.5 Å². The van der Waals surface area contributed by atoms with Crippen LogP contribution in [0.15, 0.2) is 30.3 Å². The van der Waals surface area contributed by atoms with E-state index in [9.17, 15) is 13.5 Å². The van der Waals surface area contributed by atoms with E-state index in [0.29, 0.717) is 36.6 Å². The smallest absolute Gasteiger partial charge is 0.211 e. The van der Waals surface area contributed by atoms with Gasteiger partial charge in [-0.3, -0.25) is 0 Å². The summed E-state index contributed by atoms with van der Waals surface area (Å²) in [6.45, 7) is 5.09. The lowest BCUT2D eigenvalue weighted by Gasteiger charge is -2.46. The SMILES string of the molecule is CC1(C)CN(c2cc(-c3ccccc3O)nnc2N)CCN1S(C)(=O)=O. The maximum absolute atomic E-state index is 12.0. The van der Waals surface area contributed by atoms with E-state index in [0.717, 1.165) is 0 Å². The molecule has 0 bridgehead atoms. The number of aromatic hydroxyl groups is 1. The van der Waals surface area contributed by atoms with Crippen LogP contribution in [0.25, 0.3) is 11.3 Å². The van der Waals surface area contributed by atoms with E-state index < -0.39 is 15.6 Å². The van der Waals surface area contributed by atoms with Crippen LogP contribution in [0.4, 0.5) is 11.5 Å². The van der Waals surface area contributed by atoms with Crippen molar-refractivity contribution in [3.05, 3.63) is 30.3 Å². The predicted octanol–water partition coefficient (Wildman–Crippen LogP) is 1.29. The second-order valence-corrected chi connectivity index (χ2v) is 8.99. The molecule has 1 aliphatic rings. The number of phenols is 1. The molecule has 0 spiro atoms. The number of nitrogens with two attached hydrogens (primary N) is 1. The van der Waals surface area contributed by atoms with E-state index >= 15 is 0 Å². The van der Waals surface area contributed by atoms with Gasteiger partial charge >= 0.3 is 0 Å². The van der Waals surface area contributed by atoms with Crippen molar-refractivity contribution in [1.82, 2.24) is 14.5 Å². The highest BCUT2D eigenvalue weighted by Crippen LogP contribution is 2.34. The van der Waals surface area contributed by atoms with Gasteiger partial charge in [-0.15, -0.1) is 10.2 Å². The first-order valence-corrected chi connectivity index (χ1v) is 10.1. The van der Waals surface area contributed by atoms with Crippen molar-refractivity contribution in [3.8, 4) is 17.0 Å². The Balaban J connectivity index is 1.96. The van der Waals surface area contributed by atoms with Gasteiger partial charge in [-0.1, -0.05) is 12.1 Å². The molecule has 0 aliphatic carbocycles. The minimum atomic E-state index is -3.29. The molecule has 1 saturated heterocycles. The van der Waals surface area contributed by atoms with Gasteiger partial charge in [0.05, 0.1) is 17.6 Å². The first kappa shape index (κ1) is 18.4. The molecule has 1 aromatic carbocycles. The molecule has 2 heterocycles. The monoisotopic (exact) mass is 377 g/mol. The van der Waals surface area contributed by atoms with E-state index in [2.05, 4.69) is 10.2 Å². The number of hydrogen-bond acceptors (Lipinski definition) is 7. The molecule has 140 valence electrons. The van der Waals surface area contributed by atoms with Crippen molar-refractivity contribution < 1.29 is 13.5 Å². The van der Waals surface area contributed by atoms with Crippen LogP contribution in [0, 0.1) is 0 Å². The molecule has 1 aromatic heterocycles. The lowest BCUT2D eigenvalue weighted by Crippen LogP contribution is -2.61. The number of nitrogens with zero attached hydrogens (tertiary/aromatic N) is 4. The molecule has 0 radical (unpaired) electrons. The molecule has 3 rings (SSSR count). The van der Waals surface area contributed by atoms with E-state index in [-0.39, 0.29) is 11.6 Å². The molecule has 1 aliphatic heterocycles. The van der Waals surface area contributed by atoms with Gasteiger partial charge in [0, 0.05) is 30.7 Å². The highest BCUT2D eigenvalue weighted by atomic mass is 32.2. The number of hydrogen-bond donors (Lipinski definition) is 2. The van der Waals surface area contributed by atoms with Crippen molar-refractivity contribution in [2.24, 2.45) is 0 Å². The van der Waals surface area contributed by atoms with Gasteiger partial charge in [0.25, 0.3) is 0 Å². The second kappa shape index (κ2) is 6.40. The standard InChI is InChI=1S/C17H23N5O3S/c1-17(2)11-21(8-9-22(17)26(3,24)25)14-10-13(19-20-16(14)18)12-6-4-5-7-15(12)23/h4-7,10,23H,8-9,11H2,1-3H3,(H2,18,20). The molecule has 2 aromatic rings. The van der Waals surface area contributed by atoms with Gasteiger partial charge in [-0.25, -0.2) is 8.42 Å². The quantitative estimate of drug-likeness (QED) is 0.829. The molecule has 0 unspecified atom stereocenters. The van der Waals surface area contributed by atoms with Gasteiger partial charge in [-0.05, 0) is 32.0 Å². The Morgan fingerprint density at radius 1 is 1.19 bits per heavy atom. The zero-order valence-corrected chi connectivity index (χ0v) is 15.9. The summed E-state index contributed by atoms with van der Waals surface area (Å²) in [5.74, 6) is 0.382. The number of benzene rings is 1. The lowest BCUT2D eigenvalue weighted by molar-refractivity contribution is 0.206. The van der Waals surface area contributed by atoms with Crippen molar-refractivity contribution in [3.63, 3.8) is 0 Å². The Hall–Kier alpha value is -2.39. The van der Waals surface area contributed by atoms with Crippen molar-refractivity contribution in [2.75, 3.05) is 36.5 Å². The summed E-state index contributed by atoms with van der Waals surface area (Å²) in [7, 11) is -3.29. The molecule has 26 heavy (non-hydrogen) atoms. The summed E-state index contributed by atoms with van der Waals surface area (Å²) in [4.78, 5) is 2.01. The molecule has 0 saturated carbocycles. The van der Waals surface area contributed by atoms with Crippen LogP contribution in [0.2, 0.25) is 0 Å². The highest BCUT2D eigenvalue weighted by Gasteiger charge is 2.39. The number of aromatic nitrogens is 2. The molecule has 0 amide bonds. The fraction of sp³-hybridized carbons (Fsp3) is 0.412. The first-order chi connectivity index (χ1) is 12.1. The van der Waals surface area contributed by atoms with Crippen LogP contribution in [0.3, 0.4) is 0 Å². The minimum absolute atomic E-state index is 0.111. The van der Waals surface area contributed by atoms with E-state index in [1.807, 2.05) is 18.7 Å². The summed E-state index contributed by atoms with van der Waals surface area (Å²) in [6.07, 6.45) is 1.23. The normalized spacial score (nSPS) is 18.0. The summed E-state index contributed by atoms with van der Waals surface area (Å²) in [5, 5.41) is 18.2. The number of phenolic OH excluding ortho intramolecular Hbond substituents is 1. The number of para-hydroxylation sites is 1. The molecular formula is C17H23N5O3S. The average Bonchev–Trinajstić information content (AvgIpc) is 2.54. The van der Waals surface area contributed by atoms with Crippen LogP contribution in [-0.2, 0) is 10.0 Å². The number of piperazine rings is 1. The second-order valence-electron chi connectivity index (χ2n) is 7.09. The van der Waals surface area contributed by atoms with Gasteiger partial charge in [0.1, 0.15) is 5.75 Å². The van der Waals surface area contributed by atoms with Gasteiger partial charge < -0.3 is 15.7 Å². The number of rotatable bonds is 3. The number of sulfonamides is 1. The molecule has 1 fully saturated rings. The maximum atomic E-state index is 12.0. The molecule has 8 nitrogen and oxygen atoms in total. The minimum Gasteiger partial charge on any atom is -0.507 e. The fourth-order valence-electron chi connectivity index (χ4n) is 3.43. The van der Waals surface area contributed by atoms with E-state index in [1.54, 1.807) is 30.3 Å². The predicted molar refractivity (Wildman–Crippen MR) is 101 cm³/mol. The molecule has 3 N–H and O–H groups in total. The summed E-state index contributed by atoms with van der Waals surface area (Å²) >= 11 is 0. The Kier molecular flexibility index (Phi) is 4.53. The van der Waals surface area contributed by atoms with Crippen molar-refractivity contribution in [1.29, 1.82) is 0 Å². The number of anilines is 2. The van der Waals surface area contributed by atoms with Crippen LogP contribution in [0.5, 0.6) is 5.75 Å². The van der Waals surface area contributed by atoms with Crippen LogP contribution < -0.4 is 10.6 Å². The van der Waals surface area contributed by atoms with Gasteiger partial charge in [0.2, 0.25) is 10.0 Å². The Labute approximate surface area is 153 Å². The third kappa shape index (κ3) is 3.45. The zero-order valence-electron chi connectivity index (χ0n) is 15.0. The Bertz CT molecular complexity index is 930. The molecule has 9 heteroatoms. The molecule has 0 atom stereocenters. The average molecular weight is 377 g/mol. The van der Waals surface area contributed by atoms with E-state index in [4.69, 9.17) is 5.73 Å². The maximum Gasteiger partial charge on any atom is 0.211 e. The topological polar surface area (TPSA) is 113 Å². The summed E-state index contributed by atoms with van der Waals surface area (Å²) < 4.78 is 25.5. The van der Waals surface area contributed by atoms with Gasteiger partial charge in [0.15, 0.2) is 5.82 Å². The summed E-state index contributed by atoms with van der Waals surface area (Å²) in [6, 6.07) is 8.66. The highest BCUT2D eigenvalue weighted by molar-refractivity contribution is 7.88. The van der Waals surface area contributed by atoms with Gasteiger partial charge in [-0.2, -0.15) is 4.31 Å². The zero-order chi connectivity index (χ0) is 19.1. The van der Waals surface area contributed by atoms with Crippen LogP contribution >= 0.6 is 0 Å². The largest absolute Gasteiger partial charge is 0.507 e. The Morgan fingerprint density at radius 2 is 1.88 bits per heavy atom. The third-order valence-electron chi connectivity index (χ3n) is 4.55. The first-order valence-electron chi connectivity index (χ1n) is 8.24. The van der Waals surface area contributed by atoms with Crippen molar-refractivity contribution in [2.45, 2.75) is 19.4 Å². The Morgan fingerprint density at radius 3 is 2.50 bits per heavy atom. The van der Waals surface area contributed by atoms with Crippen LogP contribution in [0.1, 0.15) is 13.8 Å². The number of nitrogen functional groups attached to an aromatic ring is 1.